The van der Waals surface area contributed by atoms with Crippen molar-refractivity contribution < 1.29 is 46.1 Å². The van der Waals surface area contributed by atoms with E-state index >= 15 is 0 Å². The molecule has 226 valence electrons. The molecule has 4 rings (SSSR count). The Balaban J connectivity index is 0.000000587. The van der Waals surface area contributed by atoms with E-state index in [0.717, 1.165) is 31.9 Å². The molecule has 0 amide bonds. The second-order valence-electron chi connectivity index (χ2n) is 9.66. The Morgan fingerprint density at radius 1 is 0.976 bits per heavy atom. The van der Waals surface area contributed by atoms with Crippen LogP contribution in [0.2, 0.25) is 0 Å². The van der Waals surface area contributed by atoms with Crippen LogP contribution >= 0.6 is 0 Å². The van der Waals surface area contributed by atoms with Gasteiger partial charge >= 0.3 is 18.1 Å². The minimum atomic E-state index is -5.08. The van der Waals surface area contributed by atoms with Crippen LogP contribution in [0.3, 0.4) is 0 Å². The van der Waals surface area contributed by atoms with Crippen molar-refractivity contribution in [2.75, 3.05) is 42.4 Å². The van der Waals surface area contributed by atoms with Crippen molar-refractivity contribution in [2.45, 2.75) is 56.1 Å². The van der Waals surface area contributed by atoms with E-state index in [-0.39, 0.29) is 16.1 Å². The second-order valence-corrected chi connectivity index (χ2v) is 11.3. The van der Waals surface area contributed by atoms with Crippen molar-refractivity contribution in [1.82, 2.24) is 4.90 Å². The molecule has 2 fully saturated rings. The van der Waals surface area contributed by atoms with Crippen LogP contribution in [0, 0.1) is 0 Å². The largest absolute Gasteiger partial charge is 0.494 e. The first-order valence-electron chi connectivity index (χ1n) is 13.2. The molecule has 1 saturated heterocycles. The molecule has 1 heterocycles. The van der Waals surface area contributed by atoms with Crippen molar-refractivity contribution in [2.24, 2.45) is 0 Å². The van der Waals surface area contributed by atoms with Crippen LogP contribution in [0.4, 0.5) is 24.5 Å². The summed E-state index contributed by atoms with van der Waals surface area (Å²) in [6.45, 7) is 5.90. The molecule has 2 aromatic rings. The van der Waals surface area contributed by atoms with E-state index in [1.54, 1.807) is 30.3 Å². The number of benzene rings is 2. The molecule has 10 nitrogen and oxygen atoms in total. The maximum atomic E-state index is 12.9. The number of anilines is 2. The average Bonchev–Trinajstić information content (AvgIpc) is 2.94. The first kappa shape index (κ1) is 32.0. The van der Waals surface area contributed by atoms with E-state index in [2.05, 4.69) is 14.5 Å². The van der Waals surface area contributed by atoms with Crippen molar-refractivity contribution >= 4 is 33.3 Å². The second kappa shape index (κ2) is 13.9. The normalized spacial score (nSPS) is 16.8. The summed E-state index contributed by atoms with van der Waals surface area (Å²) in [5.74, 6) is -3.36. The number of carbonyl (C=O) groups is 2. The van der Waals surface area contributed by atoms with Gasteiger partial charge in [-0.25, -0.2) is 18.0 Å². The third kappa shape index (κ3) is 8.98. The monoisotopic (exact) mass is 601 g/mol. The highest BCUT2D eigenvalue weighted by molar-refractivity contribution is 7.92. The zero-order chi connectivity index (χ0) is 30.2. The maximum Gasteiger partial charge on any atom is 0.490 e. The summed E-state index contributed by atoms with van der Waals surface area (Å²) in [6, 6.07) is 11.6. The van der Waals surface area contributed by atoms with Crippen molar-refractivity contribution in [3.05, 3.63) is 48.0 Å². The van der Waals surface area contributed by atoms with Crippen LogP contribution in [-0.2, 0) is 14.8 Å². The first-order chi connectivity index (χ1) is 19.3. The van der Waals surface area contributed by atoms with Gasteiger partial charge in [0, 0.05) is 37.9 Å². The molecule has 0 aromatic heterocycles. The van der Waals surface area contributed by atoms with Crippen LogP contribution < -0.4 is 14.4 Å². The maximum absolute atomic E-state index is 12.9. The van der Waals surface area contributed by atoms with Gasteiger partial charge in [-0.2, -0.15) is 13.2 Å². The standard InChI is InChI=1S/C25H33N3O5S.C2HF3O2/c1-2-33-21-9-11-22(12-10-21)34(31,32)26-24-13-8-20(18-23(24)25(29)30)28-16-14-27(15-17-28)19-6-4-3-5-7-19;3-2(4,5)1(6)7/h8-13,18-19,26H,2-7,14-17H2,1H3,(H,29,30);(H,6,7). The molecule has 3 N–H and O–H groups in total. The highest BCUT2D eigenvalue weighted by Gasteiger charge is 2.38. The fourth-order valence-electron chi connectivity index (χ4n) is 4.87. The fourth-order valence-corrected chi connectivity index (χ4v) is 5.95. The summed E-state index contributed by atoms with van der Waals surface area (Å²) in [7, 11) is -3.95. The van der Waals surface area contributed by atoms with Gasteiger partial charge in [-0.3, -0.25) is 9.62 Å². The van der Waals surface area contributed by atoms with Gasteiger partial charge in [0.25, 0.3) is 10.0 Å². The molecule has 1 aliphatic heterocycles. The van der Waals surface area contributed by atoms with Crippen molar-refractivity contribution in [3.8, 4) is 5.75 Å². The number of halogens is 3. The Labute approximate surface area is 236 Å². The summed E-state index contributed by atoms with van der Waals surface area (Å²) in [5.41, 5.74) is 0.775. The van der Waals surface area contributed by atoms with Crippen molar-refractivity contribution in [1.29, 1.82) is 0 Å². The number of aromatic carboxylic acids is 1. The van der Waals surface area contributed by atoms with E-state index in [1.807, 2.05) is 6.92 Å². The lowest BCUT2D eigenvalue weighted by atomic mass is 9.94. The quantitative estimate of drug-likeness (QED) is 0.394. The predicted octanol–water partition coefficient (Wildman–Crippen LogP) is 4.67. The highest BCUT2D eigenvalue weighted by Crippen LogP contribution is 2.29. The van der Waals surface area contributed by atoms with Gasteiger partial charge in [0.2, 0.25) is 0 Å². The SMILES string of the molecule is CCOc1ccc(S(=O)(=O)Nc2ccc(N3CCN(C4CCCCC4)CC3)cc2C(=O)O)cc1.O=C(O)C(F)(F)F. The Bertz CT molecular complexity index is 1290. The van der Waals surface area contributed by atoms with Gasteiger partial charge < -0.3 is 19.8 Å². The summed E-state index contributed by atoms with van der Waals surface area (Å²) in [6.07, 6.45) is 1.41. The number of ether oxygens (including phenoxy) is 1. The summed E-state index contributed by atoms with van der Waals surface area (Å²) in [4.78, 5) is 25.6. The van der Waals surface area contributed by atoms with E-state index in [1.165, 1.54) is 44.2 Å². The number of carboxylic acids is 2. The molecule has 0 radical (unpaired) electrons. The molecule has 0 spiro atoms. The zero-order valence-corrected chi connectivity index (χ0v) is 23.4. The number of carboxylic acid groups (broad SMARTS) is 2. The molecule has 41 heavy (non-hydrogen) atoms. The number of hydrogen-bond donors (Lipinski definition) is 3. The van der Waals surface area contributed by atoms with E-state index < -0.39 is 28.1 Å². The number of sulfonamides is 1. The molecule has 0 bridgehead atoms. The lowest BCUT2D eigenvalue weighted by molar-refractivity contribution is -0.192. The molecule has 14 heteroatoms. The Morgan fingerprint density at radius 2 is 1.56 bits per heavy atom. The van der Waals surface area contributed by atoms with E-state index in [0.29, 0.717) is 18.4 Å². The first-order valence-corrected chi connectivity index (χ1v) is 14.7. The summed E-state index contributed by atoms with van der Waals surface area (Å²) in [5, 5.41) is 16.9. The zero-order valence-electron chi connectivity index (χ0n) is 22.6. The fraction of sp³-hybridized carbons (Fsp3) is 0.481. The topological polar surface area (TPSA) is 136 Å². The molecule has 1 aliphatic carbocycles. The van der Waals surface area contributed by atoms with E-state index in [9.17, 15) is 31.5 Å². The Hall–Kier alpha value is -3.52. The lowest BCUT2D eigenvalue weighted by Gasteiger charge is -2.41. The number of nitrogens with zero attached hydrogens (tertiary/aromatic N) is 2. The van der Waals surface area contributed by atoms with Crippen LogP contribution in [0.5, 0.6) is 5.75 Å². The van der Waals surface area contributed by atoms with Gasteiger partial charge in [-0.15, -0.1) is 0 Å². The number of hydrogen-bond acceptors (Lipinski definition) is 7. The van der Waals surface area contributed by atoms with Crippen LogP contribution in [0.15, 0.2) is 47.4 Å². The number of alkyl halides is 3. The van der Waals surface area contributed by atoms with Crippen LogP contribution in [0.1, 0.15) is 49.4 Å². The van der Waals surface area contributed by atoms with Crippen molar-refractivity contribution in [3.63, 3.8) is 0 Å². The number of piperazine rings is 1. The molecule has 0 atom stereocenters. The third-order valence-corrected chi connectivity index (χ3v) is 8.32. The number of rotatable bonds is 8. The smallest absolute Gasteiger partial charge is 0.490 e. The lowest BCUT2D eigenvalue weighted by Crippen LogP contribution is -2.50. The Kier molecular flexibility index (Phi) is 10.8. The number of nitrogens with one attached hydrogen (secondary N) is 1. The molecule has 2 aliphatic rings. The highest BCUT2D eigenvalue weighted by atomic mass is 32.2. The third-order valence-electron chi connectivity index (χ3n) is 6.94. The van der Waals surface area contributed by atoms with Gasteiger partial charge in [-0.05, 0) is 62.2 Å². The van der Waals surface area contributed by atoms with Gasteiger partial charge in [0.1, 0.15) is 5.75 Å². The minimum absolute atomic E-state index is 0.0372. The summed E-state index contributed by atoms with van der Waals surface area (Å²) >= 11 is 0. The Morgan fingerprint density at radius 3 is 2.07 bits per heavy atom. The number of aliphatic carboxylic acids is 1. The van der Waals surface area contributed by atoms with Gasteiger partial charge in [-0.1, -0.05) is 19.3 Å². The molecule has 2 aromatic carbocycles. The van der Waals surface area contributed by atoms with E-state index in [4.69, 9.17) is 14.6 Å². The average molecular weight is 602 g/mol. The molecular formula is C27H34F3N3O7S. The van der Waals surface area contributed by atoms with Crippen LogP contribution in [-0.4, -0.2) is 80.5 Å². The van der Waals surface area contributed by atoms with Crippen LogP contribution in [0.25, 0.3) is 0 Å². The predicted molar refractivity (Wildman–Crippen MR) is 146 cm³/mol. The molecular weight excluding hydrogens is 567 g/mol. The van der Waals surface area contributed by atoms with Gasteiger partial charge in [0.15, 0.2) is 0 Å². The molecule has 0 unspecified atom stereocenters. The molecule has 1 saturated carbocycles. The van der Waals surface area contributed by atoms with Gasteiger partial charge in [0.05, 0.1) is 22.8 Å². The minimum Gasteiger partial charge on any atom is -0.494 e. The summed E-state index contributed by atoms with van der Waals surface area (Å²) < 4.78 is 65.2.